The van der Waals surface area contributed by atoms with Crippen LogP contribution in [0.2, 0.25) is 0 Å². The standard InChI is InChI=1S/C14H16N2O2/c1-14(2)12(17)16(13(18)15-14)10-6-9-11-7-4-3-5-8-11/h3-9H,10H2,1-2H3,(H,15,18)/b9-6+. The maximum absolute atomic E-state index is 11.9. The van der Waals surface area contributed by atoms with E-state index in [2.05, 4.69) is 5.32 Å². The van der Waals surface area contributed by atoms with Crippen LogP contribution < -0.4 is 5.32 Å². The first-order valence-electron chi connectivity index (χ1n) is 5.86. The van der Waals surface area contributed by atoms with E-state index >= 15 is 0 Å². The van der Waals surface area contributed by atoms with Gasteiger partial charge in [-0.15, -0.1) is 0 Å². The van der Waals surface area contributed by atoms with Crippen LogP contribution in [0.3, 0.4) is 0 Å². The van der Waals surface area contributed by atoms with Crippen LogP contribution in [-0.4, -0.2) is 28.9 Å². The Bertz CT molecular complexity index is 492. The topological polar surface area (TPSA) is 49.4 Å². The SMILES string of the molecule is CC1(C)NC(=O)N(C/C=C/c2ccccc2)C1=O. The summed E-state index contributed by atoms with van der Waals surface area (Å²) >= 11 is 0. The normalized spacial score (nSPS) is 18.4. The van der Waals surface area contributed by atoms with Crippen LogP contribution in [0.1, 0.15) is 19.4 Å². The van der Waals surface area contributed by atoms with Gasteiger partial charge in [0.15, 0.2) is 0 Å². The Labute approximate surface area is 106 Å². The van der Waals surface area contributed by atoms with E-state index in [1.807, 2.05) is 42.5 Å². The monoisotopic (exact) mass is 244 g/mol. The summed E-state index contributed by atoms with van der Waals surface area (Å²) in [7, 11) is 0. The molecule has 4 heteroatoms. The van der Waals surface area contributed by atoms with Gasteiger partial charge in [-0.2, -0.15) is 0 Å². The summed E-state index contributed by atoms with van der Waals surface area (Å²) in [6.45, 7) is 3.70. The fourth-order valence-electron chi connectivity index (χ4n) is 1.84. The first-order chi connectivity index (χ1) is 8.50. The van der Waals surface area contributed by atoms with E-state index in [4.69, 9.17) is 0 Å². The lowest BCUT2D eigenvalue weighted by molar-refractivity contribution is -0.129. The van der Waals surface area contributed by atoms with E-state index < -0.39 is 5.54 Å². The van der Waals surface area contributed by atoms with Crippen molar-refractivity contribution in [1.29, 1.82) is 0 Å². The van der Waals surface area contributed by atoms with Gasteiger partial charge in [-0.25, -0.2) is 4.79 Å². The zero-order valence-electron chi connectivity index (χ0n) is 10.5. The predicted molar refractivity (Wildman–Crippen MR) is 69.8 cm³/mol. The van der Waals surface area contributed by atoms with Crippen LogP contribution in [0.4, 0.5) is 4.79 Å². The van der Waals surface area contributed by atoms with Crippen LogP contribution in [0, 0.1) is 0 Å². The molecule has 1 aromatic rings. The molecule has 0 saturated carbocycles. The highest BCUT2D eigenvalue weighted by Crippen LogP contribution is 2.16. The number of carbonyl (C=O) groups excluding carboxylic acids is 2. The number of imide groups is 1. The molecule has 0 aromatic heterocycles. The summed E-state index contributed by atoms with van der Waals surface area (Å²) < 4.78 is 0. The van der Waals surface area contributed by atoms with E-state index in [-0.39, 0.29) is 11.9 Å². The number of urea groups is 1. The molecule has 1 N–H and O–H groups in total. The zero-order chi connectivity index (χ0) is 13.2. The second-order valence-electron chi connectivity index (χ2n) is 4.78. The Morgan fingerprint density at radius 1 is 1.22 bits per heavy atom. The number of hydrogen-bond donors (Lipinski definition) is 1. The molecule has 0 aliphatic carbocycles. The molecule has 1 aliphatic heterocycles. The lowest BCUT2D eigenvalue weighted by atomic mass is 10.1. The zero-order valence-corrected chi connectivity index (χ0v) is 10.5. The molecule has 0 atom stereocenters. The van der Waals surface area contributed by atoms with E-state index in [0.29, 0.717) is 6.54 Å². The number of hydrogen-bond acceptors (Lipinski definition) is 2. The Morgan fingerprint density at radius 3 is 2.44 bits per heavy atom. The summed E-state index contributed by atoms with van der Waals surface area (Å²) in [5.41, 5.74) is 0.251. The third kappa shape index (κ3) is 2.42. The molecular weight excluding hydrogens is 228 g/mol. The first-order valence-corrected chi connectivity index (χ1v) is 5.86. The van der Waals surface area contributed by atoms with E-state index in [0.717, 1.165) is 5.56 Å². The van der Waals surface area contributed by atoms with Gasteiger partial charge in [-0.3, -0.25) is 9.69 Å². The molecule has 94 valence electrons. The molecule has 0 bridgehead atoms. The minimum atomic E-state index is -0.794. The molecule has 1 aromatic carbocycles. The molecule has 2 rings (SSSR count). The third-order valence-corrected chi connectivity index (χ3v) is 2.84. The molecule has 0 spiro atoms. The average Bonchev–Trinajstić information content (AvgIpc) is 2.52. The summed E-state index contributed by atoms with van der Waals surface area (Å²) in [5.74, 6) is -0.190. The molecule has 1 fully saturated rings. The second-order valence-corrected chi connectivity index (χ2v) is 4.78. The van der Waals surface area contributed by atoms with E-state index in [1.54, 1.807) is 13.8 Å². The van der Waals surface area contributed by atoms with Gasteiger partial charge in [0.2, 0.25) is 0 Å². The van der Waals surface area contributed by atoms with Gasteiger partial charge in [-0.05, 0) is 19.4 Å². The summed E-state index contributed by atoms with van der Waals surface area (Å²) in [6, 6.07) is 9.42. The Balaban J connectivity index is 2.01. The van der Waals surface area contributed by atoms with Gasteiger partial charge in [0.1, 0.15) is 5.54 Å². The highest BCUT2D eigenvalue weighted by Gasteiger charge is 2.43. The van der Waals surface area contributed by atoms with Crippen molar-refractivity contribution in [2.24, 2.45) is 0 Å². The van der Waals surface area contributed by atoms with Crippen molar-refractivity contribution in [3.63, 3.8) is 0 Å². The molecular formula is C14H16N2O2. The fourth-order valence-corrected chi connectivity index (χ4v) is 1.84. The highest BCUT2D eigenvalue weighted by molar-refractivity contribution is 6.06. The fraction of sp³-hybridized carbons (Fsp3) is 0.286. The Kier molecular flexibility index (Phi) is 3.19. The van der Waals surface area contributed by atoms with Gasteiger partial charge >= 0.3 is 6.03 Å². The van der Waals surface area contributed by atoms with Crippen LogP contribution in [-0.2, 0) is 4.79 Å². The van der Waals surface area contributed by atoms with Crippen molar-refractivity contribution >= 4 is 18.0 Å². The minimum Gasteiger partial charge on any atom is -0.324 e. The Morgan fingerprint density at radius 2 is 1.89 bits per heavy atom. The van der Waals surface area contributed by atoms with Crippen LogP contribution in [0.25, 0.3) is 6.08 Å². The second kappa shape index (κ2) is 4.64. The summed E-state index contributed by atoms with van der Waals surface area (Å²) in [5, 5.41) is 2.65. The average molecular weight is 244 g/mol. The molecule has 0 radical (unpaired) electrons. The van der Waals surface area contributed by atoms with Crippen molar-refractivity contribution in [2.75, 3.05) is 6.54 Å². The van der Waals surface area contributed by atoms with Gasteiger partial charge in [0, 0.05) is 6.54 Å². The van der Waals surface area contributed by atoms with Crippen LogP contribution in [0.15, 0.2) is 36.4 Å². The van der Waals surface area contributed by atoms with Gasteiger partial charge in [0.05, 0.1) is 0 Å². The van der Waals surface area contributed by atoms with E-state index in [9.17, 15) is 9.59 Å². The lowest BCUT2D eigenvalue weighted by Gasteiger charge is -2.14. The smallest absolute Gasteiger partial charge is 0.324 e. The highest BCUT2D eigenvalue weighted by atomic mass is 16.2. The van der Waals surface area contributed by atoms with Crippen LogP contribution in [0.5, 0.6) is 0 Å². The quantitative estimate of drug-likeness (QED) is 0.827. The molecule has 1 heterocycles. The summed E-state index contributed by atoms with van der Waals surface area (Å²) in [6.07, 6.45) is 3.71. The molecule has 0 unspecified atom stereocenters. The van der Waals surface area contributed by atoms with Gasteiger partial charge < -0.3 is 5.32 Å². The minimum absolute atomic E-state index is 0.190. The summed E-state index contributed by atoms with van der Waals surface area (Å²) in [4.78, 5) is 24.7. The van der Waals surface area contributed by atoms with E-state index in [1.165, 1.54) is 4.90 Å². The third-order valence-electron chi connectivity index (χ3n) is 2.84. The largest absolute Gasteiger partial charge is 0.325 e. The maximum atomic E-state index is 11.9. The van der Waals surface area contributed by atoms with Gasteiger partial charge in [-0.1, -0.05) is 42.5 Å². The van der Waals surface area contributed by atoms with Crippen LogP contribution >= 0.6 is 0 Å². The van der Waals surface area contributed by atoms with Crippen molar-refractivity contribution in [2.45, 2.75) is 19.4 Å². The Hall–Kier alpha value is -2.10. The predicted octanol–water partition coefficient (Wildman–Crippen LogP) is 2.03. The molecule has 3 amide bonds. The molecule has 4 nitrogen and oxygen atoms in total. The van der Waals surface area contributed by atoms with Crippen molar-refractivity contribution in [3.05, 3.63) is 42.0 Å². The number of nitrogens with one attached hydrogen (secondary N) is 1. The molecule has 1 aliphatic rings. The molecule has 18 heavy (non-hydrogen) atoms. The number of rotatable bonds is 3. The maximum Gasteiger partial charge on any atom is 0.325 e. The number of nitrogens with zero attached hydrogens (tertiary/aromatic N) is 1. The van der Waals surface area contributed by atoms with Gasteiger partial charge in [0.25, 0.3) is 5.91 Å². The lowest BCUT2D eigenvalue weighted by Crippen LogP contribution is -2.40. The number of amides is 3. The first kappa shape index (κ1) is 12.4. The van der Waals surface area contributed by atoms with Crippen molar-refractivity contribution < 1.29 is 9.59 Å². The number of carbonyl (C=O) groups is 2. The molecule has 1 saturated heterocycles. The number of benzene rings is 1. The van der Waals surface area contributed by atoms with Crippen molar-refractivity contribution in [1.82, 2.24) is 10.2 Å². The van der Waals surface area contributed by atoms with Crippen molar-refractivity contribution in [3.8, 4) is 0 Å².